The average molecular weight is 473 g/mol. The summed E-state index contributed by atoms with van der Waals surface area (Å²) in [7, 11) is 0. The van der Waals surface area contributed by atoms with Gasteiger partial charge in [-0.15, -0.1) is 0 Å². The molecule has 7 nitrogen and oxygen atoms in total. The van der Waals surface area contributed by atoms with E-state index in [0.717, 1.165) is 58.7 Å². The molecule has 1 saturated heterocycles. The summed E-state index contributed by atoms with van der Waals surface area (Å²) < 4.78 is 14.3. The third-order valence-corrected chi connectivity index (χ3v) is 6.36. The SMILES string of the molecule is NCCCOc1cc(CNc2nc3ccccc3n2[C@H]2CC[C@@H](CO)O2)ccc1-c1ccccc1. The van der Waals surface area contributed by atoms with Crippen molar-refractivity contribution in [2.75, 3.05) is 25.1 Å². The Morgan fingerprint density at radius 3 is 2.69 bits per heavy atom. The predicted octanol–water partition coefficient (Wildman–Crippen LogP) is 4.71. The minimum absolute atomic E-state index is 0.0343. The predicted molar refractivity (Wildman–Crippen MR) is 138 cm³/mol. The molecular formula is C28H32N4O3. The molecule has 4 N–H and O–H groups in total. The van der Waals surface area contributed by atoms with Crippen molar-refractivity contribution in [2.24, 2.45) is 5.73 Å². The van der Waals surface area contributed by atoms with Crippen LogP contribution in [0.4, 0.5) is 5.95 Å². The standard InChI is InChI=1S/C28H32N4O3/c29-15-6-16-34-26-17-20(11-13-23(26)21-7-2-1-3-8-21)18-30-28-31-24-9-4-5-10-25(24)32(28)27-14-12-22(19-33)35-27/h1-5,7-11,13,17,22,27,33H,6,12,14-16,18-19,29H2,(H,30,31)/t22-,27+/m0/s1. The van der Waals surface area contributed by atoms with Gasteiger partial charge in [0.2, 0.25) is 5.95 Å². The number of anilines is 1. The van der Waals surface area contributed by atoms with Crippen molar-refractivity contribution in [2.45, 2.75) is 38.1 Å². The first-order valence-corrected chi connectivity index (χ1v) is 12.2. The largest absolute Gasteiger partial charge is 0.493 e. The zero-order valence-electron chi connectivity index (χ0n) is 19.8. The average Bonchev–Trinajstić information content (AvgIpc) is 3.52. The van der Waals surface area contributed by atoms with Crippen LogP contribution < -0.4 is 15.8 Å². The lowest BCUT2D eigenvalue weighted by atomic mass is 10.0. The molecule has 0 aliphatic carbocycles. The molecule has 182 valence electrons. The fraction of sp³-hybridized carbons (Fsp3) is 0.321. The number of nitrogens with zero attached hydrogens (tertiary/aromatic N) is 2. The summed E-state index contributed by atoms with van der Waals surface area (Å²) in [5.41, 5.74) is 10.9. The highest BCUT2D eigenvalue weighted by atomic mass is 16.5. The van der Waals surface area contributed by atoms with E-state index in [1.54, 1.807) is 0 Å². The number of hydrogen-bond acceptors (Lipinski definition) is 6. The van der Waals surface area contributed by atoms with Crippen LogP contribution in [-0.4, -0.2) is 40.5 Å². The molecule has 0 saturated carbocycles. The highest BCUT2D eigenvalue weighted by molar-refractivity contribution is 5.79. The number of imidazole rings is 1. The fourth-order valence-corrected chi connectivity index (χ4v) is 4.57. The van der Waals surface area contributed by atoms with Crippen molar-refractivity contribution in [1.82, 2.24) is 9.55 Å². The van der Waals surface area contributed by atoms with Gasteiger partial charge in [-0.1, -0.05) is 54.6 Å². The van der Waals surface area contributed by atoms with E-state index in [-0.39, 0.29) is 18.9 Å². The molecule has 1 aliphatic rings. The first-order valence-electron chi connectivity index (χ1n) is 12.2. The molecule has 0 radical (unpaired) electrons. The Morgan fingerprint density at radius 1 is 1.06 bits per heavy atom. The van der Waals surface area contributed by atoms with Crippen molar-refractivity contribution < 1.29 is 14.6 Å². The first kappa shape index (κ1) is 23.4. The molecule has 0 unspecified atom stereocenters. The number of benzene rings is 3. The zero-order valence-corrected chi connectivity index (χ0v) is 19.8. The Balaban J connectivity index is 1.40. The number of ether oxygens (including phenoxy) is 2. The van der Waals surface area contributed by atoms with Gasteiger partial charge in [-0.2, -0.15) is 0 Å². The summed E-state index contributed by atoms with van der Waals surface area (Å²) >= 11 is 0. The Bertz CT molecular complexity index is 1260. The Morgan fingerprint density at radius 2 is 1.89 bits per heavy atom. The maximum atomic E-state index is 9.54. The van der Waals surface area contributed by atoms with Gasteiger partial charge in [0.05, 0.1) is 30.4 Å². The second kappa shape index (κ2) is 10.9. The second-order valence-corrected chi connectivity index (χ2v) is 8.81. The molecule has 3 aromatic carbocycles. The van der Waals surface area contributed by atoms with Crippen molar-refractivity contribution in [3.8, 4) is 16.9 Å². The molecule has 0 spiro atoms. The fourth-order valence-electron chi connectivity index (χ4n) is 4.57. The molecule has 5 rings (SSSR count). The smallest absolute Gasteiger partial charge is 0.206 e. The van der Waals surface area contributed by atoms with Gasteiger partial charge < -0.3 is 25.6 Å². The number of aromatic nitrogens is 2. The van der Waals surface area contributed by atoms with E-state index in [2.05, 4.69) is 46.3 Å². The third kappa shape index (κ3) is 5.17. The molecule has 1 aliphatic heterocycles. The van der Waals surface area contributed by atoms with Crippen LogP contribution in [0.2, 0.25) is 0 Å². The van der Waals surface area contributed by atoms with Crippen molar-refractivity contribution in [1.29, 1.82) is 0 Å². The molecule has 2 heterocycles. The van der Waals surface area contributed by atoms with Gasteiger partial charge in [0.25, 0.3) is 0 Å². The van der Waals surface area contributed by atoms with Gasteiger partial charge in [-0.25, -0.2) is 4.98 Å². The normalized spacial score (nSPS) is 17.7. The monoisotopic (exact) mass is 472 g/mol. The highest BCUT2D eigenvalue weighted by Crippen LogP contribution is 2.35. The summed E-state index contributed by atoms with van der Waals surface area (Å²) in [6.45, 7) is 1.79. The summed E-state index contributed by atoms with van der Waals surface area (Å²) in [6, 6.07) is 24.6. The van der Waals surface area contributed by atoms with Crippen LogP contribution in [0.3, 0.4) is 0 Å². The van der Waals surface area contributed by atoms with Gasteiger partial charge in [0, 0.05) is 12.1 Å². The van der Waals surface area contributed by atoms with E-state index in [1.807, 2.05) is 36.4 Å². The van der Waals surface area contributed by atoms with Gasteiger partial charge in [0.1, 0.15) is 12.0 Å². The van der Waals surface area contributed by atoms with E-state index in [4.69, 9.17) is 20.2 Å². The van der Waals surface area contributed by atoms with Crippen LogP contribution in [0.5, 0.6) is 5.75 Å². The third-order valence-electron chi connectivity index (χ3n) is 6.36. The zero-order chi connectivity index (χ0) is 24.0. The number of nitrogens with two attached hydrogens (primary N) is 1. The first-order chi connectivity index (χ1) is 17.3. The molecule has 35 heavy (non-hydrogen) atoms. The molecule has 0 bridgehead atoms. The van der Waals surface area contributed by atoms with Crippen LogP contribution in [0.25, 0.3) is 22.2 Å². The minimum Gasteiger partial charge on any atom is -0.493 e. The van der Waals surface area contributed by atoms with Crippen LogP contribution in [0.15, 0.2) is 72.8 Å². The molecule has 2 atom stereocenters. The van der Waals surface area contributed by atoms with E-state index >= 15 is 0 Å². The lowest BCUT2D eigenvalue weighted by Crippen LogP contribution is -2.16. The number of hydrogen-bond donors (Lipinski definition) is 3. The maximum Gasteiger partial charge on any atom is 0.206 e. The molecule has 4 aromatic rings. The lowest BCUT2D eigenvalue weighted by Gasteiger charge is -2.18. The van der Waals surface area contributed by atoms with E-state index in [0.29, 0.717) is 19.7 Å². The van der Waals surface area contributed by atoms with E-state index in [9.17, 15) is 5.11 Å². The van der Waals surface area contributed by atoms with Crippen molar-refractivity contribution in [3.63, 3.8) is 0 Å². The molecular weight excluding hydrogens is 440 g/mol. The Labute approximate surface area is 205 Å². The molecule has 7 heteroatoms. The molecule has 1 fully saturated rings. The van der Waals surface area contributed by atoms with Gasteiger partial charge in [-0.3, -0.25) is 4.57 Å². The maximum absolute atomic E-state index is 9.54. The lowest BCUT2D eigenvalue weighted by molar-refractivity contribution is -0.0195. The summed E-state index contributed by atoms with van der Waals surface area (Å²) in [5.74, 6) is 1.61. The van der Waals surface area contributed by atoms with Crippen molar-refractivity contribution in [3.05, 3.63) is 78.4 Å². The highest BCUT2D eigenvalue weighted by Gasteiger charge is 2.29. The van der Waals surface area contributed by atoms with Gasteiger partial charge >= 0.3 is 0 Å². The number of nitrogens with one attached hydrogen (secondary N) is 1. The number of aliphatic hydroxyl groups excluding tert-OH is 1. The van der Waals surface area contributed by atoms with Crippen LogP contribution in [0, 0.1) is 0 Å². The van der Waals surface area contributed by atoms with Crippen LogP contribution >= 0.6 is 0 Å². The summed E-state index contributed by atoms with van der Waals surface area (Å²) in [5, 5.41) is 13.1. The number of aliphatic hydroxyl groups is 1. The molecule has 1 aromatic heterocycles. The minimum atomic E-state index is -0.155. The van der Waals surface area contributed by atoms with Gasteiger partial charge in [-0.05, 0) is 55.1 Å². The quantitative estimate of drug-likeness (QED) is 0.289. The Hall–Kier alpha value is -3.39. The summed E-state index contributed by atoms with van der Waals surface area (Å²) in [6.07, 6.45) is 2.19. The second-order valence-electron chi connectivity index (χ2n) is 8.81. The van der Waals surface area contributed by atoms with Crippen molar-refractivity contribution >= 4 is 17.0 Å². The number of para-hydroxylation sites is 2. The van der Waals surface area contributed by atoms with E-state index < -0.39 is 0 Å². The number of fused-ring (bicyclic) bond motifs is 1. The number of rotatable bonds is 10. The summed E-state index contributed by atoms with van der Waals surface area (Å²) in [4.78, 5) is 4.84. The topological polar surface area (TPSA) is 94.6 Å². The van der Waals surface area contributed by atoms with Crippen LogP contribution in [0.1, 0.15) is 31.1 Å². The van der Waals surface area contributed by atoms with E-state index in [1.165, 1.54) is 0 Å². The van der Waals surface area contributed by atoms with Crippen LogP contribution in [-0.2, 0) is 11.3 Å². The van der Waals surface area contributed by atoms with Gasteiger partial charge in [0.15, 0.2) is 0 Å². The Kier molecular flexibility index (Phi) is 7.28. The molecule has 0 amide bonds.